The van der Waals surface area contributed by atoms with Crippen LogP contribution in [0.5, 0.6) is 5.75 Å². The molecule has 0 bridgehead atoms. The number of benzene rings is 1. The second kappa shape index (κ2) is 8.97. The van der Waals surface area contributed by atoms with Crippen molar-refractivity contribution in [3.05, 3.63) is 46.3 Å². The Hall–Kier alpha value is -2.71. The van der Waals surface area contributed by atoms with Crippen LogP contribution in [0.2, 0.25) is 0 Å². The molecule has 2 heterocycles. The van der Waals surface area contributed by atoms with Crippen LogP contribution in [0.25, 0.3) is 0 Å². The number of aliphatic carboxylic acids is 1. The number of thiophene rings is 1. The van der Waals surface area contributed by atoms with Crippen molar-refractivity contribution in [1.29, 1.82) is 0 Å². The Labute approximate surface area is 179 Å². The monoisotopic (exact) mass is 430 g/mol. The lowest BCUT2D eigenvalue weighted by molar-refractivity contribution is -0.144. The number of carboxylic acid groups (broad SMARTS) is 1. The molecule has 2 aromatic rings. The summed E-state index contributed by atoms with van der Waals surface area (Å²) in [5, 5.41) is 22.3. The number of anilines is 1. The largest absolute Gasteiger partial charge is 0.508 e. The number of carbonyl (C=O) groups is 3. The van der Waals surface area contributed by atoms with Gasteiger partial charge in [0.25, 0.3) is 0 Å². The summed E-state index contributed by atoms with van der Waals surface area (Å²) in [6.45, 7) is 5.59. The molecular formula is C22H26N2O5S. The molecule has 0 aliphatic carbocycles. The van der Waals surface area contributed by atoms with Crippen molar-refractivity contribution in [2.24, 2.45) is 0 Å². The van der Waals surface area contributed by atoms with Crippen LogP contribution < -0.4 is 5.32 Å². The number of phenolic OH excluding ortho intramolecular Hbond substituents is 1. The van der Waals surface area contributed by atoms with Gasteiger partial charge in [-0.2, -0.15) is 0 Å². The van der Waals surface area contributed by atoms with Crippen LogP contribution in [0.1, 0.15) is 54.4 Å². The lowest BCUT2D eigenvalue weighted by atomic mass is 10.0. The van der Waals surface area contributed by atoms with Gasteiger partial charge in [-0.15, -0.1) is 11.3 Å². The molecule has 1 aliphatic heterocycles. The Bertz CT molecular complexity index is 953. The van der Waals surface area contributed by atoms with E-state index >= 15 is 0 Å². The highest BCUT2D eigenvalue weighted by Crippen LogP contribution is 2.32. The fourth-order valence-electron chi connectivity index (χ4n) is 3.90. The number of rotatable bonds is 7. The first-order chi connectivity index (χ1) is 14.2. The zero-order valence-electron chi connectivity index (χ0n) is 17.2. The number of aryl methyl sites for hydroxylation is 1. The SMILES string of the molecule is CCc1cc(C(=O)c2ccc(O)cc2)c(NC(=O)C(C)N2[C@@H](C(=O)O)CC[C@@H]2C)s1. The van der Waals surface area contributed by atoms with Crippen LogP contribution in [0, 0.1) is 0 Å². The number of carbonyl (C=O) groups excluding carboxylic acids is 2. The van der Waals surface area contributed by atoms with Crippen molar-refractivity contribution in [2.75, 3.05) is 5.32 Å². The van der Waals surface area contributed by atoms with Crippen molar-refractivity contribution in [3.8, 4) is 5.75 Å². The minimum Gasteiger partial charge on any atom is -0.508 e. The van der Waals surface area contributed by atoms with Gasteiger partial charge in [-0.1, -0.05) is 6.92 Å². The van der Waals surface area contributed by atoms with Crippen LogP contribution in [-0.4, -0.2) is 50.9 Å². The third-order valence-electron chi connectivity index (χ3n) is 5.58. The zero-order chi connectivity index (χ0) is 22.0. The van der Waals surface area contributed by atoms with E-state index in [0.29, 0.717) is 22.5 Å². The summed E-state index contributed by atoms with van der Waals surface area (Å²) >= 11 is 1.34. The first-order valence-electron chi connectivity index (χ1n) is 10.0. The Morgan fingerprint density at radius 1 is 1.23 bits per heavy atom. The summed E-state index contributed by atoms with van der Waals surface area (Å²) in [5.41, 5.74) is 0.809. The quantitative estimate of drug-likeness (QED) is 0.581. The molecule has 7 nitrogen and oxygen atoms in total. The lowest BCUT2D eigenvalue weighted by Crippen LogP contribution is -2.50. The van der Waals surface area contributed by atoms with E-state index in [-0.39, 0.29) is 23.5 Å². The molecule has 0 spiro atoms. The molecule has 1 aromatic heterocycles. The van der Waals surface area contributed by atoms with Gasteiger partial charge in [0.2, 0.25) is 5.91 Å². The average Bonchev–Trinajstić information content (AvgIpc) is 3.30. The number of aromatic hydroxyl groups is 1. The maximum absolute atomic E-state index is 13.0. The van der Waals surface area contributed by atoms with E-state index in [2.05, 4.69) is 5.32 Å². The molecule has 0 radical (unpaired) electrons. The van der Waals surface area contributed by atoms with Gasteiger partial charge in [-0.25, -0.2) is 0 Å². The molecular weight excluding hydrogens is 404 g/mol. The van der Waals surface area contributed by atoms with Crippen LogP contribution in [0.4, 0.5) is 5.00 Å². The number of phenols is 1. The van der Waals surface area contributed by atoms with E-state index in [1.165, 1.54) is 23.5 Å². The summed E-state index contributed by atoms with van der Waals surface area (Å²) in [5.74, 6) is -1.43. The molecule has 3 atom stereocenters. The van der Waals surface area contributed by atoms with E-state index < -0.39 is 18.1 Å². The van der Waals surface area contributed by atoms with Crippen molar-refractivity contribution in [1.82, 2.24) is 4.90 Å². The maximum atomic E-state index is 13.0. The van der Waals surface area contributed by atoms with E-state index in [1.807, 2.05) is 13.8 Å². The molecule has 1 fully saturated rings. The minimum atomic E-state index is -0.924. The van der Waals surface area contributed by atoms with E-state index in [1.54, 1.807) is 30.0 Å². The van der Waals surface area contributed by atoms with Gasteiger partial charge < -0.3 is 15.5 Å². The number of nitrogens with zero attached hydrogens (tertiary/aromatic N) is 1. The number of ketones is 1. The second-order valence-corrected chi connectivity index (χ2v) is 8.71. The molecule has 1 amide bonds. The van der Waals surface area contributed by atoms with Crippen molar-refractivity contribution in [2.45, 2.75) is 58.2 Å². The van der Waals surface area contributed by atoms with Crippen molar-refractivity contribution in [3.63, 3.8) is 0 Å². The van der Waals surface area contributed by atoms with E-state index in [0.717, 1.165) is 17.7 Å². The van der Waals surface area contributed by atoms with Gasteiger partial charge in [-0.3, -0.25) is 19.3 Å². The van der Waals surface area contributed by atoms with Gasteiger partial charge in [-0.05, 0) is 63.4 Å². The lowest BCUT2D eigenvalue weighted by Gasteiger charge is -2.31. The highest BCUT2D eigenvalue weighted by molar-refractivity contribution is 7.16. The summed E-state index contributed by atoms with van der Waals surface area (Å²) < 4.78 is 0. The maximum Gasteiger partial charge on any atom is 0.320 e. The number of nitrogens with one attached hydrogen (secondary N) is 1. The summed E-state index contributed by atoms with van der Waals surface area (Å²) in [6, 6.07) is 6.40. The van der Waals surface area contributed by atoms with Crippen molar-refractivity contribution >= 4 is 34.0 Å². The number of likely N-dealkylation sites (tertiary alicyclic amines) is 1. The Kier molecular flexibility index (Phi) is 6.58. The Morgan fingerprint density at radius 3 is 2.50 bits per heavy atom. The Balaban J connectivity index is 1.84. The van der Waals surface area contributed by atoms with Gasteiger partial charge in [0.05, 0.1) is 11.6 Å². The summed E-state index contributed by atoms with van der Waals surface area (Å²) in [6.07, 6.45) is 1.95. The van der Waals surface area contributed by atoms with Gasteiger partial charge in [0.1, 0.15) is 16.8 Å². The molecule has 8 heteroatoms. The van der Waals surface area contributed by atoms with Gasteiger partial charge in [0.15, 0.2) is 5.78 Å². The molecule has 160 valence electrons. The van der Waals surface area contributed by atoms with E-state index in [9.17, 15) is 24.6 Å². The van der Waals surface area contributed by atoms with Crippen molar-refractivity contribution < 1.29 is 24.6 Å². The molecule has 1 saturated heterocycles. The first kappa shape index (κ1) is 22.0. The van der Waals surface area contributed by atoms with Crippen LogP contribution in [0.3, 0.4) is 0 Å². The van der Waals surface area contributed by atoms with Gasteiger partial charge in [0, 0.05) is 16.5 Å². The highest BCUT2D eigenvalue weighted by atomic mass is 32.1. The molecule has 0 saturated carbocycles. The van der Waals surface area contributed by atoms with Crippen LogP contribution >= 0.6 is 11.3 Å². The third kappa shape index (κ3) is 4.39. The standard InChI is InChI=1S/C22H26N2O5S/c1-4-16-11-17(19(26)14-6-8-15(25)9-7-14)21(30-16)23-20(27)13(3)24-12(2)5-10-18(24)22(28)29/h6-9,11-13,18,25H,4-5,10H2,1-3H3,(H,23,27)(H,28,29)/t12-,13?,18+/m0/s1. The molecule has 3 rings (SSSR count). The highest BCUT2D eigenvalue weighted by Gasteiger charge is 2.40. The minimum absolute atomic E-state index is 0.0144. The molecule has 1 aliphatic rings. The number of carboxylic acids is 1. The number of hydrogen-bond donors (Lipinski definition) is 3. The van der Waals surface area contributed by atoms with Crippen LogP contribution in [0.15, 0.2) is 30.3 Å². The first-order valence-corrected chi connectivity index (χ1v) is 10.8. The van der Waals surface area contributed by atoms with E-state index in [4.69, 9.17) is 0 Å². The molecule has 30 heavy (non-hydrogen) atoms. The summed E-state index contributed by atoms with van der Waals surface area (Å²) in [4.78, 5) is 40.2. The molecule has 1 unspecified atom stereocenters. The molecule has 3 N–H and O–H groups in total. The van der Waals surface area contributed by atoms with Crippen LogP contribution in [-0.2, 0) is 16.0 Å². The topological polar surface area (TPSA) is 107 Å². The predicted molar refractivity (Wildman–Crippen MR) is 115 cm³/mol. The number of amides is 1. The van der Waals surface area contributed by atoms with Gasteiger partial charge >= 0.3 is 5.97 Å². The second-order valence-electron chi connectivity index (χ2n) is 7.58. The summed E-state index contributed by atoms with van der Waals surface area (Å²) in [7, 11) is 0. The smallest absolute Gasteiger partial charge is 0.320 e. The average molecular weight is 431 g/mol. The third-order valence-corrected chi connectivity index (χ3v) is 6.78. The fraction of sp³-hybridized carbons (Fsp3) is 0.409. The predicted octanol–water partition coefficient (Wildman–Crippen LogP) is 3.51. The fourth-order valence-corrected chi connectivity index (χ4v) is 4.90. The Morgan fingerprint density at radius 2 is 1.90 bits per heavy atom. The zero-order valence-corrected chi connectivity index (χ0v) is 18.0. The molecule has 1 aromatic carbocycles. The number of hydrogen-bond acceptors (Lipinski definition) is 6. The normalized spacial score (nSPS) is 20.1.